The van der Waals surface area contributed by atoms with Crippen LogP contribution < -0.4 is 4.90 Å². The van der Waals surface area contributed by atoms with Crippen molar-refractivity contribution in [1.82, 2.24) is 14.8 Å². The van der Waals surface area contributed by atoms with Gasteiger partial charge in [-0.1, -0.05) is 18.3 Å². The number of halogens is 1. The minimum Gasteiger partial charge on any atom is -0.286 e. The molecular formula is C11H13BrN4OS. The lowest BCUT2D eigenvalue weighted by atomic mass is 10.3. The number of rotatable bonds is 3. The number of aromatic nitrogens is 3. The van der Waals surface area contributed by atoms with Gasteiger partial charge in [-0.2, -0.15) is 5.10 Å². The molecule has 0 unspecified atom stereocenters. The molecule has 0 aromatic carbocycles. The summed E-state index contributed by atoms with van der Waals surface area (Å²) in [6, 6.07) is 1.82. The summed E-state index contributed by atoms with van der Waals surface area (Å²) in [5, 5.41) is 4.93. The highest BCUT2D eigenvalue weighted by molar-refractivity contribution is 9.11. The summed E-state index contributed by atoms with van der Waals surface area (Å²) in [5.41, 5.74) is 1.48. The fourth-order valence-electron chi connectivity index (χ4n) is 1.56. The van der Waals surface area contributed by atoms with Gasteiger partial charge in [0.25, 0.3) is 5.91 Å². The Morgan fingerprint density at radius 1 is 1.61 bits per heavy atom. The fraction of sp³-hybridized carbons (Fsp3) is 0.364. The average Bonchev–Trinajstić information content (AvgIpc) is 2.93. The van der Waals surface area contributed by atoms with Gasteiger partial charge in [-0.25, -0.2) is 4.98 Å². The predicted octanol–water partition coefficient (Wildman–Crippen LogP) is 2.48. The first-order valence-electron chi connectivity index (χ1n) is 5.45. The third kappa shape index (κ3) is 2.46. The van der Waals surface area contributed by atoms with Crippen LogP contribution in [-0.4, -0.2) is 27.7 Å². The molecule has 5 nitrogen and oxygen atoms in total. The van der Waals surface area contributed by atoms with Crippen LogP contribution in [0.3, 0.4) is 0 Å². The van der Waals surface area contributed by atoms with Gasteiger partial charge in [0, 0.05) is 14.1 Å². The summed E-state index contributed by atoms with van der Waals surface area (Å²) >= 11 is 4.75. The highest BCUT2D eigenvalue weighted by Crippen LogP contribution is 2.26. The van der Waals surface area contributed by atoms with Gasteiger partial charge < -0.3 is 0 Å². The zero-order valence-electron chi connectivity index (χ0n) is 10.3. The van der Waals surface area contributed by atoms with Crippen LogP contribution >= 0.6 is 27.3 Å². The van der Waals surface area contributed by atoms with Crippen molar-refractivity contribution in [3.63, 3.8) is 0 Å². The number of anilines is 1. The van der Waals surface area contributed by atoms with Crippen LogP contribution in [0, 0.1) is 0 Å². The molecule has 0 aliphatic heterocycles. The maximum atomic E-state index is 12.3. The summed E-state index contributed by atoms with van der Waals surface area (Å²) in [4.78, 5) is 18.0. The third-order valence-electron chi connectivity index (χ3n) is 2.57. The molecule has 0 N–H and O–H groups in total. The first kappa shape index (κ1) is 13.2. The molecule has 0 spiro atoms. The molecule has 2 aromatic rings. The van der Waals surface area contributed by atoms with E-state index in [0.717, 1.165) is 15.9 Å². The lowest BCUT2D eigenvalue weighted by molar-refractivity contribution is 0.0984. The standard InChI is InChI=1S/C11H13BrN4OS/c1-4-7-5-8(16(3)14-7)10(17)15(2)11-13-6-9(12)18-11/h5-6H,4H2,1-3H3. The van der Waals surface area contributed by atoms with Gasteiger partial charge in [0.1, 0.15) is 5.69 Å². The summed E-state index contributed by atoms with van der Waals surface area (Å²) in [6.45, 7) is 2.01. The normalized spacial score (nSPS) is 10.7. The second kappa shape index (κ2) is 5.19. The fourth-order valence-corrected chi connectivity index (χ4v) is 2.70. The molecule has 0 saturated heterocycles. The summed E-state index contributed by atoms with van der Waals surface area (Å²) in [7, 11) is 3.49. The predicted molar refractivity (Wildman–Crippen MR) is 75.1 cm³/mol. The summed E-state index contributed by atoms with van der Waals surface area (Å²) in [6.07, 6.45) is 2.50. The topological polar surface area (TPSA) is 51.0 Å². The molecule has 18 heavy (non-hydrogen) atoms. The molecule has 2 aromatic heterocycles. The smallest absolute Gasteiger partial charge is 0.278 e. The molecule has 0 aliphatic carbocycles. The maximum absolute atomic E-state index is 12.3. The van der Waals surface area contributed by atoms with Crippen molar-refractivity contribution in [1.29, 1.82) is 0 Å². The minimum absolute atomic E-state index is 0.105. The van der Waals surface area contributed by atoms with Crippen LogP contribution in [0.5, 0.6) is 0 Å². The molecule has 0 aliphatic rings. The van der Waals surface area contributed by atoms with Crippen molar-refractivity contribution in [3.05, 3.63) is 27.4 Å². The van der Waals surface area contributed by atoms with Crippen LogP contribution in [-0.2, 0) is 13.5 Å². The number of hydrogen-bond donors (Lipinski definition) is 0. The van der Waals surface area contributed by atoms with Crippen LogP contribution in [0.15, 0.2) is 16.0 Å². The van der Waals surface area contributed by atoms with Gasteiger partial charge >= 0.3 is 0 Å². The SMILES string of the molecule is CCc1cc(C(=O)N(C)c2ncc(Br)s2)n(C)n1. The van der Waals surface area contributed by atoms with Gasteiger partial charge in [-0.05, 0) is 28.4 Å². The maximum Gasteiger partial charge on any atom is 0.278 e. The van der Waals surface area contributed by atoms with Crippen LogP contribution in [0.25, 0.3) is 0 Å². The van der Waals surface area contributed by atoms with Crippen LogP contribution in [0.1, 0.15) is 23.1 Å². The second-order valence-corrected chi connectivity index (χ2v) is 6.20. The van der Waals surface area contributed by atoms with Crippen molar-refractivity contribution >= 4 is 38.3 Å². The average molecular weight is 329 g/mol. The first-order chi connectivity index (χ1) is 8.52. The van der Waals surface area contributed by atoms with E-state index in [9.17, 15) is 4.79 Å². The van der Waals surface area contributed by atoms with E-state index in [0.29, 0.717) is 10.8 Å². The van der Waals surface area contributed by atoms with Crippen molar-refractivity contribution in [2.75, 3.05) is 11.9 Å². The molecule has 7 heteroatoms. The van der Waals surface area contributed by atoms with Gasteiger partial charge in [0.05, 0.1) is 15.7 Å². The van der Waals surface area contributed by atoms with Gasteiger partial charge in [-0.15, -0.1) is 0 Å². The number of carbonyl (C=O) groups excluding carboxylic acids is 1. The summed E-state index contributed by atoms with van der Waals surface area (Å²) < 4.78 is 2.51. The molecule has 0 saturated carbocycles. The van der Waals surface area contributed by atoms with E-state index in [4.69, 9.17) is 0 Å². The van der Waals surface area contributed by atoms with Crippen molar-refractivity contribution in [2.24, 2.45) is 7.05 Å². The Morgan fingerprint density at radius 3 is 2.83 bits per heavy atom. The van der Waals surface area contributed by atoms with E-state index in [1.807, 2.05) is 13.0 Å². The highest BCUT2D eigenvalue weighted by atomic mass is 79.9. The Morgan fingerprint density at radius 2 is 2.33 bits per heavy atom. The van der Waals surface area contributed by atoms with E-state index >= 15 is 0 Å². The molecule has 96 valence electrons. The molecule has 0 bridgehead atoms. The van der Waals surface area contributed by atoms with E-state index in [-0.39, 0.29) is 5.91 Å². The second-order valence-electron chi connectivity index (χ2n) is 3.81. The highest BCUT2D eigenvalue weighted by Gasteiger charge is 2.20. The van der Waals surface area contributed by atoms with Crippen molar-refractivity contribution < 1.29 is 4.79 Å². The van der Waals surface area contributed by atoms with Crippen molar-refractivity contribution in [3.8, 4) is 0 Å². The van der Waals surface area contributed by atoms with Gasteiger partial charge in [-0.3, -0.25) is 14.4 Å². The lowest BCUT2D eigenvalue weighted by Crippen LogP contribution is -2.28. The first-order valence-corrected chi connectivity index (χ1v) is 7.06. The number of amides is 1. The number of aryl methyl sites for hydroxylation is 2. The number of thiazole rings is 1. The van der Waals surface area contributed by atoms with Gasteiger partial charge in [0.15, 0.2) is 5.13 Å². The van der Waals surface area contributed by atoms with Crippen molar-refractivity contribution in [2.45, 2.75) is 13.3 Å². The molecule has 2 heterocycles. The quantitative estimate of drug-likeness (QED) is 0.869. The Labute approximate surface area is 118 Å². The Bertz CT molecular complexity index is 577. The summed E-state index contributed by atoms with van der Waals surface area (Å²) in [5.74, 6) is -0.105. The third-order valence-corrected chi connectivity index (χ3v) is 4.12. The zero-order chi connectivity index (χ0) is 13.3. The number of nitrogens with zero attached hydrogens (tertiary/aromatic N) is 4. The van der Waals surface area contributed by atoms with Gasteiger partial charge in [0.2, 0.25) is 0 Å². The number of carbonyl (C=O) groups is 1. The van der Waals surface area contributed by atoms with E-state index in [1.54, 1.807) is 25.0 Å². The molecule has 0 fully saturated rings. The Kier molecular flexibility index (Phi) is 3.82. The van der Waals surface area contributed by atoms with E-state index in [1.165, 1.54) is 16.2 Å². The minimum atomic E-state index is -0.105. The molecule has 1 amide bonds. The van der Waals surface area contributed by atoms with Crippen LogP contribution in [0.4, 0.5) is 5.13 Å². The zero-order valence-corrected chi connectivity index (χ0v) is 12.7. The molecule has 0 radical (unpaired) electrons. The monoisotopic (exact) mass is 328 g/mol. The largest absolute Gasteiger partial charge is 0.286 e. The molecule has 2 rings (SSSR count). The Balaban J connectivity index is 2.27. The molecular weight excluding hydrogens is 316 g/mol. The van der Waals surface area contributed by atoms with E-state index < -0.39 is 0 Å². The number of hydrogen-bond acceptors (Lipinski definition) is 4. The molecule has 0 atom stereocenters. The van der Waals surface area contributed by atoms with E-state index in [2.05, 4.69) is 26.0 Å². The lowest BCUT2D eigenvalue weighted by Gasteiger charge is -2.13. The van der Waals surface area contributed by atoms with Crippen LogP contribution in [0.2, 0.25) is 0 Å². The Hall–Kier alpha value is -1.21.